The summed E-state index contributed by atoms with van der Waals surface area (Å²) < 4.78 is 0. The van der Waals surface area contributed by atoms with E-state index in [9.17, 15) is 0 Å². The summed E-state index contributed by atoms with van der Waals surface area (Å²) in [6.07, 6.45) is 0. The van der Waals surface area contributed by atoms with E-state index < -0.39 is 0 Å². The molecule has 0 bridgehead atoms. The molecule has 0 fully saturated rings. The Balaban J connectivity index is 2.43. The lowest BCUT2D eigenvalue weighted by atomic mass is 9.33. The van der Waals surface area contributed by atoms with Gasteiger partial charge in [0.25, 0.3) is 0 Å². The average molecular weight is 341 g/mol. The van der Waals surface area contributed by atoms with E-state index in [0.717, 1.165) is 5.69 Å². The summed E-state index contributed by atoms with van der Waals surface area (Å²) in [5, 5.41) is 0. The van der Waals surface area contributed by atoms with Crippen LogP contribution in [0.2, 0.25) is 0 Å². The molecule has 0 atom stereocenters. The van der Waals surface area contributed by atoms with Gasteiger partial charge in [0.2, 0.25) is 6.71 Å². The van der Waals surface area contributed by atoms with E-state index in [1.54, 1.807) is 0 Å². The molecule has 0 saturated heterocycles. The van der Waals surface area contributed by atoms with Crippen molar-refractivity contribution in [1.29, 1.82) is 0 Å². The number of anilines is 1. The fourth-order valence-corrected chi connectivity index (χ4v) is 4.46. The first-order valence-electron chi connectivity index (χ1n) is 9.30. The molecular weight excluding hydrogens is 313 g/mol. The van der Waals surface area contributed by atoms with Crippen molar-refractivity contribution in [2.45, 2.75) is 41.5 Å². The van der Waals surface area contributed by atoms with Crippen molar-refractivity contribution in [2.75, 3.05) is 5.73 Å². The molecule has 2 N–H and O–H groups in total. The maximum atomic E-state index is 6.13. The lowest BCUT2D eigenvalue weighted by molar-refractivity contribution is 1.39. The van der Waals surface area contributed by atoms with Crippen molar-refractivity contribution in [3.05, 3.63) is 81.9 Å². The van der Waals surface area contributed by atoms with Gasteiger partial charge in [-0.25, -0.2) is 0 Å². The molecule has 0 aromatic heterocycles. The number of hydrogen-bond donors (Lipinski definition) is 1. The summed E-state index contributed by atoms with van der Waals surface area (Å²) in [5.74, 6) is 0. The van der Waals surface area contributed by atoms with Crippen molar-refractivity contribution >= 4 is 28.8 Å². The SMILES string of the molecule is Cc1cccc(C)c1B(c1c(C)cccc1C)c1c(C)cc(N)cc1C. The molecule has 3 aromatic rings. The van der Waals surface area contributed by atoms with Crippen LogP contribution < -0.4 is 22.1 Å². The molecule has 26 heavy (non-hydrogen) atoms. The highest BCUT2D eigenvalue weighted by Crippen LogP contribution is 2.14. The summed E-state index contributed by atoms with van der Waals surface area (Å²) >= 11 is 0. The standard InChI is InChI=1S/C24H28BN/c1-15-9-7-10-16(2)22(15)25(23-17(3)11-8-12-18(23)4)24-19(5)13-21(26)14-20(24)6/h7-14H,26H2,1-6H3. The van der Waals surface area contributed by atoms with Gasteiger partial charge in [-0.1, -0.05) is 86.2 Å². The van der Waals surface area contributed by atoms with E-state index >= 15 is 0 Å². The predicted octanol–water partition coefficient (Wildman–Crippen LogP) is 3.64. The number of hydrogen-bond acceptors (Lipinski definition) is 1. The highest BCUT2D eigenvalue weighted by Gasteiger charge is 2.30. The van der Waals surface area contributed by atoms with E-state index in [0.29, 0.717) is 0 Å². The van der Waals surface area contributed by atoms with Crippen molar-refractivity contribution in [3.8, 4) is 0 Å². The van der Waals surface area contributed by atoms with E-state index in [2.05, 4.69) is 90.1 Å². The molecule has 3 rings (SSSR count). The molecule has 0 saturated carbocycles. The Morgan fingerprint density at radius 1 is 0.538 bits per heavy atom. The van der Waals surface area contributed by atoms with Crippen LogP contribution in [0.1, 0.15) is 33.4 Å². The molecule has 0 heterocycles. The molecular formula is C24H28BN. The number of nitrogens with two attached hydrogens (primary N) is 1. The average Bonchev–Trinajstić information content (AvgIpc) is 2.53. The van der Waals surface area contributed by atoms with Crippen LogP contribution in [0.5, 0.6) is 0 Å². The Morgan fingerprint density at radius 2 is 0.846 bits per heavy atom. The van der Waals surface area contributed by atoms with Crippen molar-refractivity contribution in [2.24, 2.45) is 0 Å². The molecule has 3 aromatic carbocycles. The minimum atomic E-state index is 0.220. The quantitative estimate of drug-likeness (QED) is 0.571. The van der Waals surface area contributed by atoms with E-state index in [-0.39, 0.29) is 6.71 Å². The zero-order valence-electron chi connectivity index (χ0n) is 16.8. The summed E-state index contributed by atoms with van der Waals surface area (Å²) in [6, 6.07) is 17.4. The van der Waals surface area contributed by atoms with Gasteiger partial charge in [-0.05, 0) is 53.7 Å². The molecule has 2 heteroatoms. The summed E-state index contributed by atoms with van der Waals surface area (Å²) in [7, 11) is 0. The summed E-state index contributed by atoms with van der Waals surface area (Å²) in [5.41, 5.74) is 19.1. The van der Waals surface area contributed by atoms with Crippen molar-refractivity contribution < 1.29 is 0 Å². The van der Waals surface area contributed by atoms with E-state index in [1.807, 2.05) is 0 Å². The van der Waals surface area contributed by atoms with Gasteiger partial charge in [0.1, 0.15) is 0 Å². The minimum absolute atomic E-state index is 0.220. The topological polar surface area (TPSA) is 26.0 Å². The Labute approximate surface area is 158 Å². The monoisotopic (exact) mass is 341 g/mol. The Hall–Kier alpha value is -2.48. The van der Waals surface area contributed by atoms with Crippen LogP contribution in [0.15, 0.2) is 48.5 Å². The van der Waals surface area contributed by atoms with Crippen LogP contribution in [0.25, 0.3) is 0 Å². The Kier molecular flexibility index (Phi) is 4.95. The lowest BCUT2D eigenvalue weighted by Gasteiger charge is -2.26. The first-order chi connectivity index (χ1) is 12.3. The van der Waals surface area contributed by atoms with Gasteiger partial charge in [-0.3, -0.25) is 0 Å². The van der Waals surface area contributed by atoms with Crippen molar-refractivity contribution in [3.63, 3.8) is 0 Å². The first kappa shape index (κ1) is 18.3. The molecule has 0 radical (unpaired) electrons. The zero-order chi connectivity index (χ0) is 19.0. The minimum Gasteiger partial charge on any atom is -0.399 e. The summed E-state index contributed by atoms with van der Waals surface area (Å²) in [4.78, 5) is 0. The third kappa shape index (κ3) is 3.17. The molecule has 0 aliphatic heterocycles. The number of nitrogen functional groups attached to an aromatic ring is 1. The molecule has 0 unspecified atom stereocenters. The fraction of sp³-hybridized carbons (Fsp3) is 0.250. The van der Waals surface area contributed by atoms with Crippen LogP contribution >= 0.6 is 0 Å². The molecule has 0 aliphatic rings. The van der Waals surface area contributed by atoms with Gasteiger partial charge < -0.3 is 5.73 Å². The number of rotatable bonds is 3. The molecule has 0 spiro atoms. The third-order valence-electron chi connectivity index (χ3n) is 5.57. The van der Waals surface area contributed by atoms with E-state index in [4.69, 9.17) is 5.73 Å². The molecule has 132 valence electrons. The lowest BCUT2D eigenvalue weighted by Crippen LogP contribution is -2.57. The Bertz CT molecular complexity index is 857. The van der Waals surface area contributed by atoms with Crippen LogP contribution in [-0.2, 0) is 0 Å². The van der Waals surface area contributed by atoms with Gasteiger partial charge in [-0.15, -0.1) is 0 Å². The largest absolute Gasteiger partial charge is 0.399 e. The second kappa shape index (κ2) is 7.03. The van der Waals surface area contributed by atoms with E-state index in [1.165, 1.54) is 49.8 Å². The zero-order valence-corrected chi connectivity index (χ0v) is 16.8. The molecule has 1 nitrogen and oxygen atoms in total. The van der Waals surface area contributed by atoms with Gasteiger partial charge in [0.15, 0.2) is 0 Å². The smallest absolute Gasteiger partial charge is 0.243 e. The van der Waals surface area contributed by atoms with Crippen molar-refractivity contribution in [1.82, 2.24) is 0 Å². The highest BCUT2D eigenvalue weighted by atomic mass is 14.5. The highest BCUT2D eigenvalue weighted by molar-refractivity contribution is 6.97. The molecule has 0 amide bonds. The second-order valence-electron chi connectivity index (χ2n) is 7.61. The number of benzene rings is 3. The van der Waals surface area contributed by atoms with Crippen LogP contribution in [0.3, 0.4) is 0 Å². The normalized spacial score (nSPS) is 10.8. The van der Waals surface area contributed by atoms with Gasteiger partial charge in [0, 0.05) is 5.69 Å². The van der Waals surface area contributed by atoms with Crippen LogP contribution in [0, 0.1) is 41.5 Å². The fourth-order valence-electron chi connectivity index (χ4n) is 4.46. The maximum Gasteiger partial charge on any atom is 0.243 e. The van der Waals surface area contributed by atoms with Gasteiger partial charge >= 0.3 is 0 Å². The second-order valence-corrected chi connectivity index (χ2v) is 7.61. The van der Waals surface area contributed by atoms with Gasteiger partial charge in [-0.2, -0.15) is 0 Å². The summed E-state index contributed by atoms with van der Waals surface area (Å²) in [6.45, 7) is 13.5. The third-order valence-corrected chi connectivity index (χ3v) is 5.57. The van der Waals surface area contributed by atoms with Gasteiger partial charge in [0.05, 0.1) is 0 Å². The first-order valence-corrected chi connectivity index (χ1v) is 9.30. The maximum absolute atomic E-state index is 6.13. The Morgan fingerprint density at radius 3 is 1.19 bits per heavy atom. The predicted molar refractivity (Wildman–Crippen MR) is 117 cm³/mol. The number of aryl methyl sites for hydroxylation is 6. The van der Waals surface area contributed by atoms with Crippen LogP contribution in [-0.4, -0.2) is 6.71 Å². The van der Waals surface area contributed by atoms with Crippen LogP contribution in [0.4, 0.5) is 5.69 Å². The molecule has 0 aliphatic carbocycles.